The molecule has 0 atom stereocenters. The summed E-state index contributed by atoms with van der Waals surface area (Å²) in [5.41, 5.74) is 9.72. The second-order valence-corrected chi connectivity index (χ2v) is 4.67. The van der Waals surface area contributed by atoms with Crippen molar-refractivity contribution in [3.63, 3.8) is 0 Å². The molecule has 1 aromatic carbocycles. The number of nitrogens with two attached hydrogens (primary N) is 1. The highest BCUT2D eigenvalue weighted by molar-refractivity contribution is 6.32. The highest BCUT2D eigenvalue weighted by Crippen LogP contribution is 2.34. The lowest BCUT2D eigenvalue weighted by molar-refractivity contribution is 0.415. The van der Waals surface area contributed by atoms with E-state index in [-0.39, 0.29) is 0 Å². The Labute approximate surface area is 111 Å². The summed E-state index contributed by atoms with van der Waals surface area (Å²) in [7, 11) is 3.49. The molecule has 0 bridgehead atoms. The maximum atomic E-state index is 6.16. The first-order chi connectivity index (χ1) is 8.45. The first-order valence-corrected chi connectivity index (χ1v) is 5.96. The predicted octanol–water partition coefficient (Wildman–Crippen LogP) is 2.95. The number of nitrogen functional groups attached to an aromatic ring is 1. The molecule has 1 heterocycles. The van der Waals surface area contributed by atoms with Gasteiger partial charge in [0, 0.05) is 18.3 Å². The van der Waals surface area contributed by atoms with Crippen LogP contribution in [0.4, 0.5) is 5.95 Å². The lowest BCUT2D eigenvalue weighted by Gasteiger charge is -2.09. The van der Waals surface area contributed by atoms with Crippen LogP contribution in [0.1, 0.15) is 11.3 Å². The van der Waals surface area contributed by atoms with Gasteiger partial charge in [-0.05, 0) is 31.5 Å². The first-order valence-electron chi connectivity index (χ1n) is 5.59. The molecule has 0 unspecified atom stereocenters. The minimum atomic E-state index is 0.494. The first kappa shape index (κ1) is 12.8. The molecule has 18 heavy (non-hydrogen) atoms. The van der Waals surface area contributed by atoms with Crippen molar-refractivity contribution < 1.29 is 4.74 Å². The molecule has 2 rings (SSSR count). The Morgan fingerprint density at radius 2 is 2.00 bits per heavy atom. The molecule has 0 aliphatic heterocycles. The van der Waals surface area contributed by atoms with Gasteiger partial charge in [-0.2, -0.15) is 0 Å². The van der Waals surface area contributed by atoms with E-state index in [0.29, 0.717) is 16.7 Å². The fraction of sp³-hybridized carbons (Fsp3) is 0.308. The fourth-order valence-electron chi connectivity index (χ4n) is 1.92. The largest absolute Gasteiger partial charge is 0.495 e. The summed E-state index contributed by atoms with van der Waals surface area (Å²) in [6.45, 7) is 3.98. The fourth-order valence-corrected chi connectivity index (χ4v) is 2.16. The maximum Gasteiger partial charge on any atom is 0.200 e. The Morgan fingerprint density at radius 3 is 2.50 bits per heavy atom. The zero-order chi connectivity index (χ0) is 13.4. The number of hydrogen-bond acceptors (Lipinski definition) is 3. The van der Waals surface area contributed by atoms with Crippen molar-refractivity contribution in [1.82, 2.24) is 9.55 Å². The quantitative estimate of drug-likeness (QED) is 0.908. The number of imidazole rings is 1. The third-order valence-electron chi connectivity index (χ3n) is 3.17. The molecule has 0 aliphatic rings. The van der Waals surface area contributed by atoms with Crippen LogP contribution in [0.5, 0.6) is 5.75 Å². The molecule has 0 fully saturated rings. The van der Waals surface area contributed by atoms with Gasteiger partial charge >= 0.3 is 0 Å². The summed E-state index contributed by atoms with van der Waals surface area (Å²) in [4.78, 5) is 4.38. The maximum absolute atomic E-state index is 6.16. The Balaban J connectivity index is 2.64. The molecule has 96 valence electrons. The minimum absolute atomic E-state index is 0.494. The van der Waals surface area contributed by atoms with Gasteiger partial charge in [-0.25, -0.2) is 4.98 Å². The molecule has 4 nitrogen and oxygen atoms in total. The topological polar surface area (TPSA) is 53.1 Å². The zero-order valence-electron chi connectivity index (χ0n) is 10.9. The van der Waals surface area contributed by atoms with Gasteiger partial charge in [-0.1, -0.05) is 11.6 Å². The lowest BCUT2D eigenvalue weighted by atomic mass is 10.0. The van der Waals surface area contributed by atoms with Gasteiger partial charge in [0.15, 0.2) is 0 Å². The van der Waals surface area contributed by atoms with Crippen LogP contribution in [-0.4, -0.2) is 16.7 Å². The standard InChI is InChI=1S/C13H16ClN3O/c1-7-5-11(18-4)10(14)6-9(7)12-8(2)17(3)13(15)16-12/h5-6H,1-4H3,(H2,15,16). The highest BCUT2D eigenvalue weighted by Gasteiger charge is 2.15. The summed E-state index contributed by atoms with van der Waals surface area (Å²) in [5, 5.41) is 0.571. The van der Waals surface area contributed by atoms with Crippen molar-refractivity contribution in [2.75, 3.05) is 12.8 Å². The molecule has 0 saturated heterocycles. The zero-order valence-corrected chi connectivity index (χ0v) is 11.7. The Hall–Kier alpha value is -1.68. The van der Waals surface area contributed by atoms with Crippen LogP contribution in [0.15, 0.2) is 12.1 Å². The van der Waals surface area contributed by atoms with Crippen molar-refractivity contribution in [2.24, 2.45) is 7.05 Å². The average Bonchev–Trinajstić information content (AvgIpc) is 2.59. The third kappa shape index (κ3) is 1.93. The molecule has 0 amide bonds. The van der Waals surface area contributed by atoms with E-state index in [1.165, 1.54) is 0 Å². The summed E-state index contributed by atoms with van der Waals surface area (Å²) < 4.78 is 7.05. The smallest absolute Gasteiger partial charge is 0.200 e. The summed E-state index contributed by atoms with van der Waals surface area (Å²) >= 11 is 6.16. The molecule has 0 radical (unpaired) electrons. The van der Waals surface area contributed by atoms with Crippen LogP contribution in [0.2, 0.25) is 5.02 Å². The molecule has 0 spiro atoms. The van der Waals surface area contributed by atoms with Gasteiger partial charge in [0.2, 0.25) is 5.95 Å². The predicted molar refractivity (Wildman–Crippen MR) is 74.1 cm³/mol. The Bertz CT molecular complexity index is 605. The number of rotatable bonds is 2. The number of methoxy groups -OCH3 is 1. The van der Waals surface area contributed by atoms with E-state index in [2.05, 4.69) is 4.98 Å². The van der Waals surface area contributed by atoms with E-state index >= 15 is 0 Å². The van der Waals surface area contributed by atoms with Crippen LogP contribution in [0, 0.1) is 13.8 Å². The van der Waals surface area contributed by atoms with Gasteiger partial charge < -0.3 is 15.0 Å². The van der Waals surface area contributed by atoms with Crippen molar-refractivity contribution in [2.45, 2.75) is 13.8 Å². The molecule has 1 aromatic heterocycles. The monoisotopic (exact) mass is 265 g/mol. The van der Waals surface area contributed by atoms with Gasteiger partial charge in [-0.3, -0.25) is 0 Å². The lowest BCUT2D eigenvalue weighted by Crippen LogP contribution is -1.97. The van der Waals surface area contributed by atoms with E-state index in [1.54, 1.807) is 7.11 Å². The molecular formula is C13H16ClN3O. The SMILES string of the molecule is COc1cc(C)c(-c2nc(N)n(C)c2C)cc1Cl. The molecule has 5 heteroatoms. The number of nitrogens with zero attached hydrogens (tertiary/aromatic N) is 2. The average molecular weight is 266 g/mol. The second kappa shape index (κ2) is 4.53. The number of halogens is 1. The van der Waals surface area contributed by atoms with Crippen molar-refractivity contribution in [1.29, 1.82) is 0 Å². The number of aromatic nitrogens is 2. The number of ether oxygens (including phenoxy) is 1. The minimum Gasteiger partial charge on any atom is -0.495 e. The van der Waals surface area contributed by atoms with Crippen LogP contribution in [0.25, 0.3) is 11.3 Å². The summed E-state index contributed by atoms with van der Waals surface area (Å²) in [6, 6.07) is 3.77. The third-order valence-corrected chi connectivity index (χ3v) is 3.47. The van der Waals surface area contributed by atoms with Crippen molar-refractivity contribution in [3.8, 4) is 17.0 Å². The number of anilines is 1. The van der Waals surface area contributed by atoms with Crippen LogP contribution in [-0.2, 0) is 7.05 Å². The van der Waals surface area contributed by atoms with Crippen LogP contribution < -0.4 is 10.5 Å². The number of aryl methyl sites for hydroxylation is 1. The Morgan fingerprint density at radius 1 is 1.33 bits per heavy atom. The molecular weight excluding hydrogens is 250 g/mol. The van der Waals surface area contributed by atoms with Gasteiger partial charge in [0.25, 0.3) is 0 Å². The number of hydrogen-bond donors (Lipinski definition) is 1. The van der Waals surface area contributed by atoms with E-state index in [9.17, 15) is 0 Å². The molecule has 2 aromatic rings. The van der Waals surface area contributed by atoms with E-state index in [1.807, 2.05) is 37.6 Å². The van der Waals surface area contributed by atoms with Crippen LogP contribution >= 0.6 is 11.6 Å². The van der Waals surface area contributed by atoms with Gasteiger partial charge in [0.1, 0.15) is 5.75 Å². The van der Waals surface area contributed by atoms with E-state index in [0.717, 1.165) is 22.5 Å². The highest BCUT2D eigenvalue weighted by atomic mass is 35.5. The Kier molecular flexibility index (Phi) is 3.22. The van der Waals surface area contributed by atoms with E-state index < -0.39 is 0 Å². The summed E-state index contributed by atoms with van der Waals surface area (Å²) in [5.74, 6) is 1.16. The van der Waals surface area contributed by atoms with Crippen molar-refractivity contribution in [3.05, 3.63) is 28.4 Å². The number of benzene rings is 1. The summed E-state index contributed by atoms with van der Waals surface area (Å²) in [6.07, 6.45) is 0. The van der Waals surface area contributed by atoms with E-state index in [4.69, 9.17) is 22.1 Å². The molecule has 0 saturated carbocycles. The normalized spacial score (nSPS) is 10.7. The second-order valence-electron chi connectivity index (χ2n) is 4.26. The molecule has 2 N–H and O–H groups in total. The van der Waals surface area contributed by atoms with Crippen LogP contribution in [0.3, 0.4) is 0 Å². The van der Waals surface area contributed by atoms with Gasteiger partial charge in [0.05, 0.1) is 17.8 Å². The van der Waals surface area contributed by atoms with Crippen molar-refractivity contribution >= 4 is 17.5 Å². The van der Waals surface area contributed by atoms with Gasteiger partial charge in [-0.15, -0.1) is 0 Å². The molecule has 0 aliphatic carbocycles.